The molecule has 0 aliphatic carbocycles. The Morgan fingerprint density at radius 3 is 2.52 bits per heavy atom. The number of hydrogen-bond donors (Lipinski definition) is 1. The van der Waals surface area contributed by atoms with Gasteiger partial charge in [-0.15, -0.1) is 0 Å². The van der Waals surface area contributed by atoms with Gasteiger partial charge in [0.1, 0.15) is 0 Å². The minimum Gasteiger partial charge on any atom is -0.371 e. The number of nitrogens with zero attached hydrogens (tertiary/aromatic N) is 2. The molecule has 9 heteroatoms. The number of halogens is 2. The first-order chi connectivity index (χ1) is 15.6. The highest BCUT2D eigenvalue weighted by atomic mass is 32.2. The van der Waals surface area contributed by atoms with Gasteiger partial charge in [-0.2, -0.15) is 0 Å². The summed E-state index contributed by atoms with van der Waals surface area (Å²) in [5, 5.41) is 2.84. The summed E-state index contributed by atoms with van der Waals surface area (Å²) in [6.45, 7) is 4.76. The van der Waals surface area contributed by atoms with Crippen LogP contribution in [-0.2, 0) is 21.4 Å². The van der Waals surface area contributed by atoms with E-state index in [2.05, 4.69) is 29.3 Å². The maximum Gasteiger partial charge on any atom is 0.232 e. The summed E-state index contributed by atoms with van der Waals surface area (Å²) in [5.41, 5.74) is 2.20. The van der Waals surface area contributed by atoms with E-state index in [1.165, 1.54) is 24.6 Å². The molecule has 0 radical (unpaired) electrons. The first-order valence-corrected chi connectivity index (χ1v) is 13.0. The Hall–Kier alpha value is -2.68. The SMILES string of the molecule is CC1CCCN(c2ccc(CNC(=O)CCCN(c3ccc(F)c(F)c3)S(C)(=O)=O)cc2)C1. The molecule has 1 fully saturated rings. The standard InChI is InChI=1S/C24H31F2N3O3S/c1-18-5-3-13-28(17-18)20-9-7-19(8-10-20)16-27-24(30)6-4-14-29(33(2,31)32)21-11-12-22(25)23(26)15-21/h7-12,15,18H,3-6,13-14,16-17H2,1-2H3,(H,27,30). The zero-order chi connectivity index (χ0) is 24.0. The fourth-order valence-corrected chi connectivity index (χ4v) is 5.00. The Bertz CT molecular complexity index is 1060. The van der Waals surface area contributed by atoms with Gasteiger partial charge >= 0.3 is 0 Å². The number of benzene rings is 2. The molecular formula is C24H31F2N3O3S. The smallest absolute Gasteiger partial charge is 0.232 e. The van der Waals surface area contributed by atoms with Crippen LogP contribution in [0.4, 0.5) is 20.2 Å². The van der Waals surface area contributed by atoms with Gasteiger partial charge < -0.3 is 10.2 Å². The molecule has 33 heavy (non-hydrogen) atoms. The molecule has 6 nitrogen and oxygen atoms in total. The first-order valence-electron chi connectivity index (χ1n) is 11.2. The molecule has 1 amide bonds. The number of sulfonamides is 1. The van der Waals surface area contributed by atoms with E-state index in [0.29, 0.717) is 12.5 Å². The fourth-order valence-electron chi connectivity index (χ4n) is 4.05. The third-order valence-corrected chi connectivity index (χ3v) is 7.00. The van der Waals surface area contributed by atoms with Crippen molar-refractivity contribution in [2.45, 2.75) is 39.2 Å². The number of piperidine rings is 1. The summed E-state index contributed by atoms with van der Waals surface area (Å²) < 4.78 is 51.8. The maximum absolute atomic E-state index is 13.5. The van der Waals surface area contributed by atoms with Crippen LogP contribution in [0.5, 0.6) is 0 Å². The number of carbonyl (C=O) groups is 1. The van der Waals surface area contributed by atoms with Crippen molar-refractivity contribution in [3.63, 3.8) is 0 Å². The van der Waals surface area contributed by atoms with Gasteiger partial charge in [0.25, 0.3) is 0 Å². The molecule has 180 valence electrons. The second-order valence-corrected chi connectivity index (χ2v) is 10.6. The van der Waals surface area contributed by atoms with Gasteiger partial charge in [0.2, 0.25) is 15.9 Å². The minimum atomic E-state index is -3.71. The van der Waals surface area contributed by atoms with E-state index in [0.717, 1.165) is 41.3 Å². The van der Waals surface area contributed by atoms with Crippen molar-refractivity contribution in [3.8, 4) is 0 Å². The normalized spacial score (nSPS) is 16.5. The van der Waals surface area contributed by atoms with Crippen LogP contribution in [0.15, 0.2) is 42.5 Å². The van der Waals surface area contributed by atoms with Gasteiger partial charge in [0.05, 0.1) is 11.9 Å². The third-order valence-electron chi connectivity index (χ3n) is 5.80. The predicted octanol–water partition coefficient (Wildman–Crippen LogP) is 4.06. The van der Waals surface area contributed by atoms with Gasteiger partial charge in [0, 0.05) is 44.4 Å². The van der Waals surface area contributed by atoms with Crippen LogP contribution >= 0.6 is 0 Å². The molecule has 0 bridgehead atoms. The second kappa shape index (κ2) is 11.0. The van der Waals surface area contributed by atoms with Gasteiger partial charge in [-0.1, -0.05) is 19.1 Å². The third kappa shape index (κ3) is 7.15. The maximum atomic E-state index is 13.5. The summed E-state index contributed by atoms with van der Waals surface area (Å²) >= 11 is 0. The molecule has 1 unspecified atom stereocenters. The molecular weight excluding hydrogens is 448 g/mol. The molecule has 0 saturated carbocycles. The quantitative estimate of drug-likeness (QED) is 0.589. The van der Waals surface area contributed by atoms with Gasteiger partial charge in [-0.05, 0) is 55.0 Å². The number of nitrogens with one attached hydrogen (secondary N) is 1. The van der Waals surface area contributed by atoms with Gasteiger partial charge in [-0.3, -0.25) is 9.10 Å². The Balaban J connectivity index is 1.48. The lowest BCUT2D eigenvalue weighted by Gasteiger charge is -2.32. The summed E-state index contributed by atoms with van der Waals surface area (Å²) in [7, 11) is -3.71. The van der Waals surface area contributed by atoms with Crippen LogP contribution in [0.25, 0.3) is 0 Å². The number of carbonyl (C=O) groups excluding carboxylic acids is 1. The van der Waals surface area contributed by atoms with Crippen LogP contribution in [-0.4, -0.2) is 40.2 Å². The Morgan fingerprint density at radius 2 is 1.88 bits per heavy atom. The summed E-state index contributed by atoms with van der Waals surface area (Å²) in [6, 6.07) is 11.1. The minimum absolute atomic E-state index is 0.0136. The molecule has 0 spiro atoms. The molecule has 2 aromatic rings. The zero-order valence-corrected chi connectivity index (χ0v) is 19.9. The van der Waals surface area contributed by atoms with E-state index in [1.807, 2.05) is 12.1 Å². The fraction of sp³-hybridized carbons (Fsp3) is 0.458. The molecule has 2 aromatic carbocycles. The van der Waals surface area contributed by atoms with Gasteiger partial charge in [-0.25, -0.2) is 17.2 Å². The molecule has 1 N–H and O–H groups in total. The van der Waals surface area contributed by atoms with E-state index in [4.69, 9.17) is 0 Å². The van der Waals surface area contributed by atoms with Crippen molar-refractivity contribution in [3.05, 3.63) is 59.7 Å². The Kier molecular flexibility index (Phi) is 8.29. The summed E-state index contributed by atoms with van der Waals surface area (Å²) in [6.07, 6.45) is 3.81. The zero-order valence-electron chi connectivity index (χ0n) is 19.1. The lowest BCUT2D eigenvalue weighted by Crippen LogP contribution is -2.34. The van der Waals surface area contributed by atoms with Crippen molar-refractivity contribution in [1.29, 1.82) is 0 Å². The van der Waals surface area contributed by atoms with Crippen molar-refractivity contribution < 1.29 is 22.0 Å². The van der Waals surface area contributed by atoms with Crippen LogP contribution in [0.2, 0.25) is 0 Å². The number of rotatable bonds is 9. The van der Waals surface area contributed by atoms with Crippen LogP contribution in [0, 0.1) is 17.6 Å². The summed E-state index contributed by atoms with van der Waals surface area (Å²) in [5.74, 6) is -1.69. The molecule has 1 aliphatic heterocycles. The lowest BCUT2D eigenvalue weighted by atomic mass is 9.99. The first kappa shape index (κ1) is 25.0. The molecule has 1 aliphatic rings. The molecule has 0 aromatic heterocycles. The van der Waals surface area contributed by atoms with Crippen LogP contribution in [0.1, 0.15) is 38.2 Å². The van der Waals surface area contributed by atoms with Crippen molar-refractivity contribution in [1.82, 2.24) is 5.32 Å². The molecule has 1 heterocycles. The Morgan fingerprint density at radius 1 is 1.15 bits per heavy atom. The predicted molar refractivity (Wildman–Crippen MR) is 127 cm³/mol. The van der Waals surface area contributed by atoms with E-state index in [9.17, 15) is 22.0 Å². The number of amides is 1. The van der Waals surface area contributed by atoms with Crippen molar-refractivity contribution in [2.75, 3.05) is 35.1 Å². The van der Waals surface area contributed by atoms with E-state index in [1.54, 1.807) is 0 Å². The highest BCUT2D eigenvalue weighted by Crippen LogP contribution is 2.23. The van der Waals surface area contributed by atoms with Crippen LogP contribution in [0.3, 0.4) is 0 Å². The average molecular weight is 480 g/mol. The van der Waals surface area contributed by atoms with E-state index >= 15 is 0 Å². The average Bonchev–Trinajstić information content (AvgIpc) is 2.77. The highest BCUT2D eigenvalue weighted by Gasteiger charge is 2.19. The van der Waals surface area contributed by atoms with E-state index < -0.39 is 21.7 Å². The summed E-state index contributed by atoms with van der Waals surface area (Å²) in [4.78, 5) is 14.6. The largest absolute Gasteiger partial charge is 0.371 e. The Labute approximate surface area is 194 Å². The van der Waals surface area contributed by atoms with Crippen molar-refractivity contribution in [2.24, 2.45) is 5.92 Å². The second-order valence-electron chi connectivity index (χ2n) is 8.67. The highest BCUT2D eigenvalue weighted by molar-refractivity contribution is 7.92. The van der Waals surface area contributed by atoms with Gasteiger partial charge in [0.15, 0.2) is 11.6 Å². The topological polar surface area (TPSA) is 69.7 Å². The number of anilines is 2. The molecule has 1 atom stereocenters. The van der Waals surface area contributed by atoms with Crippen LogP contribution < -0.4 is 14.5 Å². The lowest BCUT2D eigenvalue weighted by molar-refractivity contribution is -0.121. The van der Waals surface area contributed by atoms with E-state index in [-0.39, 0.29) is 31.0 Å². The monoisotopic (exact) mass is 479 g/mol. The number of hydrogen-bond acceptors (Lipinski definition) is 4. The van der Waals surface area contributed by atoms with Crippen molar-refractivity contribution >= 4 is 27.3 Å². The molecule has 1 saturated heterocycles. The molecule has 3 rings (SSSR count).